The highest BCUT2D eigenvalue weighted by molar-refractivity contribution is 6.30. The first-order valence-corrected chi connectivity index (χ1v) is 8.70. The van der Waals surface area contributed by atoms with E-state index in [1.807, 2.05) is 19.1 Å². The summed E-state index contributed by atoms with van der Waals surface area (Å²) in [7, 11) is 0. The van der Waals surface area contributed by atoms with Crippen molar-refractivity contribution in [1.29, 1.82) is 0 Å². The molecule has 1 amide bonds. The number of carbonyl (C=O) groups excluding carboxylic acids is 1. The van der Waals surface area contributed by atoms with Crippen molar-refractivity contribution in [3.63, 3.8) is 0 Å². The molecule has 0 radical (unpaired) electrons. The van der Waals surface area contributed by atoms with Crippen molar-refractivity contribution in [2.75, 3.05) is 5.32 Å². The van der Waals surface area contributed by atoms with Crippen LogP contribution in [0.3, 0.4) is 0 Å². The molecule has 0 saturated heterocycles. The number of aryl methyl sites for hydroxylation is 2. The summed E-state index contributed by atoms with van der Waals surface area (Å²) < 4.78 is 13.0. The van der Waals surface area contributed by atoms with Gasteiger partial charge in [0.1, 0.15) is 11.5 Å². The Bertz CT molecular complexity index is 976. The number of carbonyl (C=O) groups is 1. The molecular weight excluding hydrogens is 367 g/mol. The maximum absolute atomic E-state index is 13.0. The quantitative estimate of drug-likeness (QED) is 0.676. The second-order valence-corrected chi connectivity index (χ2v) is 6.55. The number of amides is 1. The van der Waals surface area contributed by atoms with Gasteiger partial charge in [-0.15, -0.1) is 0 Å². The van der Waals surface area contributed by atoms with Gasteiger partial charge in [-0.2, -0.15) is 0 Å². The fourth-order valence-electron chi connectivity index (χ4n) is 2.50. The molecule has 0 bridgehead atoms. The first kappa shape index (κ1) is 18.8. The Morgan fingerprint density at radius 1 is 1.07 bits per heavy atom. The lowest BCUT2D eigenvalue weighted by molar-refractivity contribution is 0.0945. The molecule has 27 heavy (non-hydrogen) atoms. The number of anilines is 2. The van der Waals surface area contributed by atoms with Gasteiger partial charge in [0.05, 0.1) is 0 Å². The Kier molecular flexibility index (Phi) is 5.66. The summed E-state index contributed by atoms with van der Waals surface area (Å²) in [5, 5.41) is 6.53. The Hall–Kier alpha value is -2.99. The van der Waals surface area contributed by atoms with Crippen molar-refractivity contribution in [3.05, 3.63) is 81.9 Å². The van der Waals surface area contributed by atoms with Crippen LogP contribution in [0.1, 0.15) is 27.3 Å². The van der Waals surface area contributed by atoms with Crippen LogP contribution in [0.25, 0.3) is 0 Å². The van der Waals surface area contributed by atoms with E-state index in [1.54, 1.807) is 31.2 Å². The number of hydrogen-bond donors (Lipinski definition) is 2. The smallest absolute Gasteiger partial charge is 0.270 e. The lowest BCUT2D eigenvalue weighted by Crippen LogP contribution is -2.24. The molecule has 0 saturated carbocycles. The minimum atomic E-state index is -0.333. The number of halogens is 2. The molecule has 0 unspecified atom stereocenters. The van der Waals surface area contributed by atoms with E-state index in [0.29, 0.717) is 16.7 Å². The summed E-state index contributed by atoms with van der Waals surface area (Å²) in [6.07, 6.45) is 0. The molecule has 3 rings (SSSR count). The summed E-state index contributed by atoms with van der Waals surface area (Å²) in [6.45, 7) is 3.99. The molecule has 0 atom stereocenters. The van der Waals surface area contributed by atoms with E-state index in [1.165, 1.54) is 12.1 Å². The Morgan fingerprint density at radius 3 is 2.52 bits per heavy atom. The lowest BCUT2D eigenvalue weighted by atomic mass is 10.2. The molecule has 0 spiro atoms. The molecule has 5 nitrogen and oxygen atoms in total. The van der Waals surface area contributed by atoms with Gasteiger partial charge in [0.15, 0.2) is 0 Å². The molecule has 7 heteroatoms. The third-order valence-electron chi connectivity index (χ3n) is 3.89. The zero-order chi connectivity index (χ0) is 19.4. The van der Waals surface area contributed by atoms with Gasteiger partial charge in [0.2, 0.25) is 5.95 Å². The number of rotatable bonds is 5. The molecular formula is C20H18ClFN4O. The van der Waals surface area contributed by atoms with Crippen LogP contribution in [0.5, 0.6) is 0 Å². The van der Waals surface area contributed by atoms with E-state index in [-0.39, 0.29) is 24.0 Å². The van der Waals surface area contributed by atoms with E-state index in [0.717, 1.165) is 16.8 Å². The van der Waals surface area contributed by atoms with Crippen molar-refractivity contribution in [1.82, 2.24) is 15.3 Å². The highest BCUT2D eigenvalue weighted by Crippen LogP contribution is 2.22. The topological polar surface area (TPSA) is 66.9 Å². The van der Waals surface area contributed by atoms with E-state index in [2.05, 4.69) is 20.6 Å². The molecule has 0 aliphatic heterocycles. The molecule has 0 fully saturated rings. The van der Waals surface area contributed by atoms with Crippen LogP contribution in [0.4, 0.5) is 16.0 Å². The molecule has 1 heterocycles. The zero-order valence-electron chi connectivity index (χ0n) is 14.9. The van der Waals surface area contributed by atoms with Gasteiger partial charge in [-0.1, -0.05) is 23.7 Å². The van der Waals surface area contributed by atoms with Crippen LogP contribution in [-0.4, -0.2) is 15.9 Å². The first-order valence-electron chi connectivity index (χ1n) is 8.32. The Balaban J connectivity index is 1.73. The standard InChI is InChI=1S/C20H18ClFN4O/c1-12-9-15(21)5-8-17(12)25-20-24-13(2)10-18(26-20)19(27)23-11-14-3-6-16(22)7-4-14/h3-10H,11H2,1-2H3,(H,23,27)(H,24,25,26). The van der Waals surface area contributed by atoms with Gasteiger partial charge in [0, 0.05) is 22.9 Å². The zero-order valence-corrected chi connectivity index (χ0v) is 15.6. The molecule has 138 valence electrons. The van der Waals surface area contributed by atoms with Crippen molar-refractivity contribution in [3.8, 4) is 0 Å². The van der Waals surface area contributed by atoms with Crippen LogP contribution >= 0.6 is 11.6 Å². The number of nitrogens with zero attached hydrogens (tertiary/aromatic N) is 2. The van der Waals surface area contributed by atoms with E-state index in [4.69, 9.17) is 11.6 Å². The predicted octanol–water partition coefficient (Wildman–Crippen LogP) is 4.56. The van der Waals surface area contributed by atoms with Crippen LogP contribution in [0, 0.1) is 19.7 Å². The minimum absolute atomic E-state index is 0.249. The van der Waals surface area contributed by atoms with Crippen molar-refractivity contribution < 1.29 is 9.18 Å². The number of aromatic nitrogens is 2. The largest absolute Gasteiger partial charge is 0.347 e. The first-order chi connectivity index (χ1) is 12.9. The fraction of sp³-hybridized carbons (Fsp3) is 0.150. The van der Waals surface area contributed by atoms with E-state index >= 15 is 0 Å². The Morgan fingerprint density at radius 2 is 1.81 bits per heavy atom. The summed E-state index contributed by atoms with van der Waals surface area (Å²) in [4.78, 5) is 21.1. The van der Waals surface area contributed by atoms with Crippen molar-refractivity contribution in [2.24, 2.45) is 0 Å². The number of hydrogen-bond acceptors (Lipinski definition) is 4. The molecule has 1 aromatic heterocycles. The lowest BCUT2D eigenvalue weighted by Gasteiger charge is -2.11. The summed E-state index contributed by atoms with van der Waals surface area (Å²) >= 11 is 5.97. The molecule has 0 aliphatic rings. The van der Waals surface area contributed by atoms with Crippen LogP contribution in [-0.2, 0) is 6.54 Å². The van der Waals surface area contributed by atoms with Crippen molar-refractivity contribution >= 4 is 29.1 Å². The number of nitrogens with one attached hydrogen (secondary N) is 2. The fourth-order valence-corrected chi connectivity index (χ4v) is 2.73. The highest BCUT2D eigenvalue weighted by Gasteiger charge is 2.11. The summed E-state index contributed by atoms with van der Waals surface area (Å²) in [5.41, 5.74) is 3.45. The van der Waals surface area contributed by atoms with Gasteiger partial charge in [-0.25, -0.2) is 14.4 Å². The second kappa shape index (κ2) is 8.14. The van der Waals surface area contributed by atoms with Gasteiger partial charge in [-0.05, 0) is 61.4 Å². The van der Waals surface area contributed by atoms with Crippen molar-refractivity contribution in [2.45, 2.75) is 20.4 Å². The SMILES string of the molecule is Cc1cc(C(=O)NCc2ccc(F)cc2)nc(Nc2ccc(Cl)cc2C)n1. The van der Waals surface area contributed by atoms with Gasteiger partial charge < -0.3 is 10.6 Å². The summed E-state index contributed by atoms with van der Waals surface area (Å²) in [5.74, 6) is -0.322. The average Bonchev–Trinajstić information content (AvgIpc) is 2.63. The third-order valence-corrected chi connectivity index (χ3v) is 4.12. The molecule has 2 N–H and O–H groups in total. The average molecular weight is 385 g/mol. The van der Waals surface area contributed by atoms with Crippen LogP contribution in [0.15, 0.2) is 48.5 Å². The maximum Gasteiger partial charge on any atom is 0.270 e. The third kappa shape index (κ3) is 5.01. The van der Waals surface area contributed by atoms with Crippen LogP contribution < -0.4 is 10.6 Å². The van der Waals surface area contributed by atoms with Crippen LogP contribution in [0.2, 0.25) is 5.02 Å². The van der Waals surface area contributed by atoms with E-state index in [9.17, 15) is 9.18 Å². The second-order valence-electron chi connectivity index (χ2n) is 6.11. The minimum Gasteiger partial charge on any atom is -0.347 e. The monoisotopic (exact) mass is 384 g/mol. The van der Waals surface area contributed by atoms with Gasteiger partial charge in [0.25, 0.3) is 5.91 Å². The Labute approximate surface area is 161 Å². The predicted molar refractivity (Wildman–Crippen MR) is 104 cm³/mol. The summed E-state index contributed by atoms with van der Waals surface area (Å²) in [6, 6.07) is 13.0. The van der Waals surface area contributed by atoms with Gasteiger partial charge >= 0.3 is 0 Å². The number of benzene rings is 2. The molecule has 2 aromatic carbocycles. The van der Waals surface area contributed by atoms with Gasteiger partial charge in [-0.3, -0.25) is 4.79 Å². The highest BCUT2D eigenvalue weighted by atomic mass is 35.5. The maximum atomic E-state index is 13.0. The molecule has 0 aliphatic carbocycles. The van der Waals surface area contributed by atoms with E-state index < -0.39 is 0 Å². The normalized spacial score (nSPS) is 10.5. The molecule has 3 aromatic rings.